The second-order valence-electron chi connectivity index (χ2n) is 0.799. The molecule has 0 aliphatic heterocycles. The molecule has 0 aromatic carbocycles. The molecule has 0 spiro atoms. The van der Waals surface area contributed by atoms with E-state index >= 15 is 0 Å². The lowest BCUT2D eigenvalue weighted by molar-refractivity contribution is 0.540. The Bertz CT molecular complexity index is 144. The molecule has 1 aromatic heterocycles. The van der Waals surface area contributed by atoms with Crippen LogP contribution in [-0.4, -0.2) is 19.2 Å². The van der Waals surface area contributed by atoms with Crippen LogP contribution in [0.3, 0.4) is 0 Å². The number of rotatable bonds is 0. The molecule has 0 atom stereocenters. The molecule has 0 aliphatic rings. The van der Waals surface area contributed by atoms with Crippen LogP contribution < -0.4 is 0 Å². The fourth-order valence-electron chi connectivity index (χ4n) is 0.182. The molecule has 0 amide bonds. The summed E-state index contributed by atoms with van der Waals surface area (Å²) in [6.45, 7) is 0. The van der Waals surface area contributed by atoms with E-state index < -0.39 is 6.08 Å². The highest BCUT2D eigenvalue weighted by Crippen LogP contribution is 1.83. The zero-order valence-corrected chi connectivity index (χ0v) is 4.63. The summed E-state index contributed by atoms with van der Waals surface area (Å²) in [4.78, 5) is 0. The van der Waals surface area contributed by atoms with E-state index in [2.05, 4.69) is 31.6 Å². The van der Waals surface area contributed by atoms with Gasteiger partial charge in [0, 0.05) is 0 Å². The van der Waals surface area contributed by atoms with Gasteiger partial charge in [0.2, 0.25) is 0 Å². The quantitative estimate of drug-likeness (QED) is 0.544. The van der Waals surface area contributed by atoms with Crippen molar-refractivity contribution in [1.82, 2.24) is 19.2 Å². The molecule has 0 fully saturated rings. The van der Waals surface area contributed by atoms with E-state index in [0.29, 0.717) is 0 Å². The first kappa shape index (κ1) is 4.63. The fourth-order valence-corrected chi connectivity index (χ4v) is 0.384. The van der Waals surface area contributed by atoms with Gasteiger partial charge in [-0.05, 0) is 5.21 Å². The van der Waals surface area contributed by atoms with Crippen molar-refractivity contribution in [2.45, 2.75) is 0 Å². The van der Waals surface area contributed by atoms with Crippen molar-refractivity contribution in [3.63, 3.8) is 0 Å². The summed E-state index contributed by atoms with van der Waals surface area (Å²) >= 11 is 2.72. The molecule has 0 unspecified atom stereocenters. The predicted molar refractivity (Wildman–Crippen MR) is 22.1 cm³/mol. The van der Waals surface area contributed by atoms with Gasteiger partial charge >= 0.3 is 6.08 Å². The maximum absolute atomic E-state index is 11.6. The third kappa shape index (κ3) is 0.923. The smallest absolute Gasteiger partial charge is 0.158 e. The number of hydrogen-bond donors (Lipinski definition) is 0. The summed E-state index contributed by atoms with van der Waals surface area (Å²) in [5.41, 5.74) is 0. The highest BCUT2D eigenvalue weighted by atomic mass is 79.9. The first-order chi connectivity index (χ1) is 3.29. The van der Waals surface area contributed by atoms with E-state index in [1.807, 2.05) is 0 Å². The maximum atomic E-state index is 11.6. The van der Waals surface area contributed by atoms with Gasteiger partial charge in [0.1, 0.15) is 16.1 Å². The molecule has 4 nitrogen and oxygen atoms in total. The van der Waals surface area contributed by atoms with Crippen LogP contribution in [0.2, 0.25) is 0 Å². The lowest BCUT2D eigenvalue weighted by Gasteiger charge is -1.67. The highest BCUT2D eigenvalue weighted by Gasteiger charge is 1.92. The number of nitrogens with zero attached hydrogens (tertiary/aromatic N) is 4. The molecule has 0 bridgehead atoms. The molecule has 0 saturated carbocycles. The fraction of sp³-hybridized carbons (Fsp3) is 0. The van der Waals surface area contributed by atoms with E-state index in [-0.39, 0.29) is 0 Å². The Labute approximate surface area is 46.7 Å². The average molecular weight is 167 g/mol. The van der Waals surface area contributed by atoms with Crippen LogP contribution in [-0.2, 0) is 0 Å². The summed E-state index contributed by atoms with van der Waals surface area (Å²) in [5, 5.41) is 9.07. The van der Waals surface area contributed by atoms with E-state index in [9.17, 15) is 4.39 Å². The topological polar surface area (TPSA) is 43.6 Å². The predicted octanol–water partition coefficient (Wildman–Crippen LogP) is -0.0298. The first-order valence-electron chi connectivity index (χ1n) is 1.41. The Morgan fingerprint density at radius 1 is 1.71 bits per heavy atom. The maximum Gasteiger partial charge on any atom is 0.347 e. The summed E-state index contributed by atoms with van der Waals surface area (Å²) < 4.78 is 12.5. The van der Waals surface area contributed by atoms with E-state index in [4.69, 9.17) is 0 Å². The summed E-state index contributed by atoms with van der Waals surface area (Å²) in [6, 6.07) is 0. The van der Waals surface area contributed by atoms with Crippen LogP contribution in [0.25, 0.3) is 0 Å². The number of tetrazole rings is 1. The van der Waals surface area contributed by atoms with Crippen LogP contribution >= 0.6 is 16.1 Å². The molecule has 1 rings (SSSR count). The van der Waals surface area contributed by atoms with Gasteiger partial charge in [-0.25, -0.2) is 0 Å². The van der Waals surface area contributed by atoms with Crippen LogP contribution in [0, 0.1) is 6.08 Å². The van der Waals surface area contributed by atoms with Crippen LogP contribution in [0.4, 0.5) is 4.39 Å². The minimum atomic E-state index is -0.836. The van der Waals surface area contributed by atoms with Gasteiger partial charge in [-0.3, -0.25) is 0 Å². The Morgan fingerprint density at radius 2 is 2.43 bits per heavy atom. The van der Waals surface area contributed by atoms with Gasteiger partial charge in [-0.2, -0.15) is 4.39 Å². The van der Waals surface area contributed by atoms with Crippen molar-refractivity contribution >= 4 is 16.1 Å². The van der Waals surface area contributed by atoms with Crippen molar-refractivity contribution in [1.29, 1.82) is 0 Å². The molecule has 1 aromatic rings. The molecule has 7 heavy (non-hydrogen) atoms. The van der Waals surface area contributed by atoms with Crippen molar-refractivity contribution in [2.24, 2.45) is 0 Å². The van der Waals surface area contributed by atoms with Crippen molar-refractivity contribution < 1.29 is 4.39 Å². The molecule has 38 valence electrons. The van der Waals surface area contributed by atoms with Gasteiger partial charge in [-0.1, -0.05) is 14.0 Å². The van der Waals surface area contributed by atoms with Crippen molar-refractivity contribution in [3.8, 4) is 0 Å². The Balaban J connectivity index is 3.04. The summed E-state index contributed by atoms with van der Waals surface area (Å²) in [5.74, 6) is 0. The monoisotopic (exact) mass is 166 g/mol. The standard InChI is InChI=1S/CBrFN4/c2-7-5-1(3)4-6-7. The third-order valence-electron chi connectivity index (χ3n) is 0.366. The van der Waals surface area contributed by atoms with Crippen LogP contribution in [0.5, 0.6) is 0 Å². The molecule has 0 aliphatic carbocycles. The third-order valence-corrected chi connectivity index (χ3v) is 0.667. The molecule has 1 heterocycles. The van der Waals surface area contributed by atoms with Gasteiger partial charge in [0.25, 0.3) is 0 Å². The molecular formula is CBrFN4. The Morgan fingerprint density at radius 3 is 2.57 bits per heavy atom. The van der Waals surface area contributed by atoms with Crippen molar-refractivity contribution in [2.75, 3.05) is 0 Å². The van der Waals surface area contributed by atoms with Crippen LogP contribution in [0.1, 0.15) is 0 Å². The van der Waals surface area contributed by atoms with E-state index in [0.717, 1.165) is 3.82 Å². The van der Waals surface area contributed by atoms with Crippen LogP contribution in [0.15, 0.2) is 0 Å². The lowest BCUT2D eigenvalue weighted by atomic mass is 11.3. The summed E-state index contributed by atoms with van der Waals surface area (Å²) in [7, 11) is 0. The number of halogens is 2. The minimum Gasteiger partial charge on any atom is -0.158 e. The van der Waals surface area contributed by atoms with Gasteiger partial charge in [-0.15, -0.1) is 0 Å². The SMILES string of the molecule is Fc1nnn(Br)n1. The second kappa shape index (κ2) is 1.53. The van der Waals surface area contributed by atoms with Crippen molar-refractivity contribution in [3.05, 3.63) is 6.08 Å². The van der Waals surface area contributed by atoms with E-state index in [1.165, 1.54) is 0 Å². The first-order valence-corrected chi connectivity index (χ1v) is 2.11. The zero-order valence-electron chi connectivity index (χ0n) is 3.04. The normalized spacial score (nSPS) is 9.43. The Kier molecular flexibility index (Phi) is 1.01. The number of hydrogen-bond acceptors (Lipinski definition) is 3. The zero-order chi connectivity index (χ0) is 5.28. The second-order valence-corrected chi connectivity index (χ2v) is 1.43. The largest absolute Gasteiger partial charge is 0.347 e. The molecule has 6 heteroatoms. The van der Waals surface area contributed by atoms with Gasteiger partial charge in [0.05, 0.1) is 0 Å². The average Bonchev–Trinajstić information content (AvgIpc) is 1.87. The Hall–Kier alpha value is -0.520. The highest BCUT2D eigenvalue weighted by molar-refractivity contribution is 9.08. The lowest BCUT2D eigenvalue weighted by Crippen LogP contribution is -1.82. The summed E-state index contributed by atoms with van der Waals surface area (Å²) in [6.07, 6.45) is -0.836. The molecule has 0 radical (unpaired) electrons. The number of aromatic nitrogens is 4. The molecule has 0 N–H and O–H groups in total. The molecular weight excluding hydrogens is 167 g/mol. The van der Waals surface area contributed by atoms with Gasteiger partial charge < -0.3 is 0 Å². The minimum absolute atomic E-state index is 0.836. The molecule has 0 saturated heterocycles. The van der Waals surface area contributed by atoms with E-state index in [1.54, 1.807) is 0 Å². The van der Waals surface area contributed by atoms with Gasteiger partial charge in [0.15, 0.2) is 0 Å².